The predicted octanol–water partition coefficient (Wildman–Crippen LogP) is 0.375. The van der Waals surface area contributed by atoms with E-state index in [9.17, 15) is 8.42 Å². The molecule has 130 valence electrons. The summed E-state index contributed by atoms with van der Waals surface area (Å²) in [5.41, 5.74) is 6.00. The summed E-state index contributed by atoms with van der Waals surface area (Å²) in [6, 6.07) is 0.0163. The van der Waals surface area contributed by atoms with Gasteiger partial charge in [0.05, 0.1) is 13.2 Å². The summed E-state index contributed by atoms with van der Waals surface area (Å²) in [5.74, 6) is -0.201. The maximum Gasteiger partial charge on any atom is 0.281 e. The molecule has 1 unspecified atom stereocenters. The lowest BCUT2D eigenvalue weighted by atomic mass is 10.0. The highest BCUT2D eigenvalue weighted by atomic mass is 32.2. The van der Waals surface area contributed by atoms with Gasteiger partial charge in [-0.25, -0.2) is 0 Å². The first kappa shape index (κ1) is 18.1. The van der Waals surface area contributed by atoms with Gasteiger partial charge < -0.3 is 15.2 Å². The molecule has 0 aromatic carbocycles. The van der Waals surface area contributed by atoms with Gasteiger partial charge in [0.15, 0.2) is 5.79 Å². The van der Waals surface area contributed by atoms with Crippen molar-refractivity contribution in [2.45, 2.75) is 44.9 Å². The Labute approximate surface area is 133 Å². The largest absolute Gasteiger partial charge is 0.347 e. The predicted molar refractivity (Wildman–Crippen MR) is 84.4 cm³/mol. The smallest absolute Gasteiger partial charge is 0.281 e. The number of piperidine rings is 1. The molecular weight excluding hydrogens is 306 g/mol. The molecular formula is C14H29N3O4S. The number of hydrogen-bond donors (Lipinski definition) is 1. The van der Waals surface area contributed by atoms with Crippen LogP contribution in [-0.4, -0.2) is 68.8 Å². The van der Waals surface area contributed by atoms with Crippen molar-refractivity contribution >= 4 is 10.2 Å². The van der Waals surface area contributed by atoms with E-state index in [-0.39, 0.29) is 6.04 Å². The van der Waals surface area contributed by atoms with Crippen LogP contribution in [0.5, 0.6) is 0 Å². The average molecular weight is 335 g/mol. The Hall–Kier alpha value is -0.250. The highest BCUT2D eigenvalue weighted by Gasteiger charge is 2.43. The van der Waals surface area contributed by atoms with E-state index in [0.717, 1.165) is 0 Å². The molecule has 0 saturated carbocycles. The Morgan fingerprint density at radius 2 is 1.77 bits per heavy atom. The van der Waals surface area contributed by atoms with Gasteiger partial charge in [-0.2, -0.15) is 17.0 Å². The first-order valence-electron chi connectivity index (χ1n) is 8.02. The topological polar surface area (TPSA) is 85.1 Å². The summed E-state index contributed by atoms with van der Waals surface area (Å²) in [6.45, 7) is 6.59. The first-order chi connectivity index (χ1) is 10.3. The van der Waals surface area contributed by atoms with E-state index in [1.165, 1.54) is 8.61 Å². The Morgan fingerprint density at radius 1 is 1.23 bits per heavy atom. The van der Waals surface area contributed by atoms with Gasteiger partial charge in [0.2, 0.25) is 0 Å². The highest BCUT2D eigenvalue weighted by molar-refractivity contribution is 7.86. The summed E-state index contributed by atoms with van der Waals surface area (Å²) in [6.07, 6.45) is 1.84. The molecule has 1 atom stereocenters. The SMILES string of the molecule is CC(C)C(N)CCN(C)S(=O)(=O)N1CCC2(CC1)OCCO2. The third-order valence-corrected chi connectivity index (χ3v) is 6.64. The van der Waals surface area contributed by atoms with E-state index >= 15 is 0 Å². The van der Waals surface area contributed by atoms with E-state index < -0.39 is 16.0 Å². The molecule has 1 spiro atoms. The number of nitrogens with zero attached hydrogens (tertiary/aromatic N) is 2. The van der Waals surface area contributed by atoms with Crippen LogP contribution in [0.15, 0.2) is 0 Å². The van der Waals surface area contributed by atoms with Gasteiger partial charge >= 0.3 is 0 Å². The quantitative estimate of drug-likeness (QED) is 0.758. The monoisotopic (exact) mass is 335 g/mol. The van der Waals surface area contributed by atoms with Crippen LogP contribution in [0, 0.1) is 5.92 Å². The van der Waals surface area contributed by atoms with Crippen LogP contribution in [0.4, 0.5) is 0 Å². The van der Waals surface area contributed by atoms with Gasteiger partial charge in [-0.15, -0.1) is 0 Å². The fourth-order valence-corrected chi connectivity index (χ4v) is 4.19. The van der Waals surface area contributed by atoms with E-state index in [0.29, 0.717) is 58.0 Å². The lowest BCUT2D eigenvalue weighted by Crippen LogP contribution is -2.51. The summed E-state index contributed by atoms with van der Waals surface area (Å²) >= 11 is 0. The van der Waals surface area contributed by atoms with Crippen LogP contribution in [0.2, 0.25) is 0 Å². The average Bonchev–Trinajstić information content (AvgIpc) is 2.92. The Kier molecular flexibility index (Phi) is 5.84. The minimum absolute atomic E-state index is 0.0163. The Balaban J connectivity index is 1.87. The van der Waals surface area contributed by atoms with Crippen LogP contribution < -0.4 is 5.73 Å². The van der Waals surface area contributed by atoms with Crippen molar-refractivity contribution < 1.29 is 17.9 Å². The molecule has 8 heteroatoms. The lowest BCUT2D eigenvalue weighted by molar-refractivity contribution is -0.179. The van der Waals surface area contributed by atoms with Gasteiger partial charge in [0.25, 0.3) is 10.2 Å². The molecule has 0 amide bonds. The molecule has 7 nitrogen and oxygen atoms in total. The van der Waals surface area contributed by atoms with Crippen molar-refractivity contribution in [1.82, 2.24) is 8.61 Å². The third kappa shape index (κ3) is 3.98. The van der Waals surface area contributed by atoms with E-state index in [4.69, 9.17) is 15.2 Å². The summed E-state index contributed by atoms with van der Waals surface area (Å²) in [7, 11) is -1.81. The first-order valence-corrected chi connectivity index (χ1v) is 9.41. The van der Waals surface area contributed by atoms with Crippen LogP contribution in [-0.2, 0) is 19.7 Å². The molecule has 0 aromatic heterocycles. The van der Waals surface area contributed by atoms with Crippen molar-refractivity contribution in [1.29, 1.82) is 0 Å². The second-order valence-electron chi connectivity index (χ2n) is 6.53. The third-order valence-electron chi connectivity index (χ3n) is 4.65. The zero-order chi connectivity index (χ0) is 16.4. The molecule has 2 heterocycles. The molecule has 2 saturated heterocycles. The minimum atomic E-state index is -3.43. The van der Waals surface area contributed by atoms with Crippen molar-refractivity contribution in [3.8, 4) is 0 Å². The Bertz CT molecular complexity index is 453. The molecule has 0 bridgehead atoms. The summed E-state index contributed by atoms with van der Waals surface area (Å²) in [5, 5.41) is 0. The van der Waals surface area contributed by atoms with Crippen LogP contribution in [0.3, 0.4) is 0 Å². The molecule has 0 aromatic rings. The molecule has 22 heavy (non-hydrogen) atoms. The zero-order valence-corrected chi connectivity index (χ0v) is 14.6. The molecule has 0 radical (unpaired) electrons. The second-order valence-corrected chi connectivity index (χ2v) is 8.57. The summed E-state index contributed by atoms with van der Waals surface area (Å²) in [4.78, 5) is 0. The normalized spacial score (nSPS) is 24.5. The maximum atomic E-state index is 12.6. The van der Waals surface area contributed by atoms with E-state index in [2.05, 4.69) is 0 Å². The number of nitrogens with two attached hydrogens (primary N) is 1. The maximum absolute atomic E-state index is 12.6. The van der Waals surface area contributed by atoms with Crippen molar-refractivity contribution in [3.63, 3.8) is 0 Å². The van der Waals surface area contributed by atoms with Crippen molar-refractivity contribution in [2.75, 3.05) is 39.9 Å². The minimum Gasteiger partial charge on any atom is -0.347 e. The molecule has 2 rings (SSSR count). The van der Waals surface area contributed by atoms with Crippen LogP contribution in [0.25, 0.3) is 0 Å². The fraction of sp³-hybridized carbons (Fsp3) is 1.00. The number of hydrogen-bond acceptors (Lipinski definition) is 5. The number of rotatable bonds is 6. The molecule has 2 aliphatic rings. The highest BCUT2D eigenvalue weighted by Crippen LogP contribution is 2.32. The summed E-state index contributed by atoms with van der Waals surface area (Å²) < 4.78 is 39.4. The zero-order valence-electron chi connectivity index (χ0n) is 13.8. The van der Waals surface area contributed by atoms with Gasteiger partial charge in [-0.3, -0.25) is 0 Å². The lowest BCUT2D eigenvalue weighted by Gasteiger charge is -2.38. The molecule has 2 aliphatic heterocycles. The number of ether oxygens (including phenoxy) is 2. The van der Waals surface area contributed by atoms with Crippen molar-refractivity contribution in [3.05, 3.63) is 0 Å². The van der Waals surface area contributed by atoms with Gasteiger partial charge in [-0.1, -0.05) is 13.8 Å². The molecule has 2 fully saturated rings. The van der Waals surface area contributed by atoms with Gasteiger partial charge in [0.1, 0.15) is 0 Å². The van der Waals surface area contributed by atoms with E-state index in [1.54, 1.807) is 7.05 Å². The van der Waals surface area contributed by atoms with Crippen LogP contribution in [0.1, 0.15) is 33.1 Å². The second kappa shape index (κ2) is 7.11. The molecule has 2 N–H and O–H groups in total. The van der Waals surface area contributed by atoms with Gasteiger partial charge in [0, 0.05) is 45.6 Å². The van der Waals surface area contributed by atoms with Crippen molar-refractivity contribution in [2.24, 2.45) is 11.7 Å². The van der Waals surface area contributed by atoms with Gasteiger partial charge in [-0.05, 0) is 12.3 Å². The van der Waals surface area contributed by atoms with Crippen LogP contribution >= 0.6 is 0 Å². The Morgan fingerprint density at radius 3 is 2.27 bits per heavy atom. The molecule has 0 aliphatic carbocycles. The van der Waals surface area contributed by atoms with E-state index in [1.807, 2.05) is 13.8 Å². The standard InChI is InChI=1S/C14H29N3O4S/c1-12(2)13(15)4-7-16(3)22(18,19)17-8-5-14(6-9-17)20-10-11-21-14/h12-13H,4-11,15H2,1-3H3. The fourth-order valence-electron chi connectivity index (χ4n) is 2.82.